The number of nitrogens with zero attached hydrogens (tertiary/aromatic N) is 2. The van der Waals surface area contributed by atoms with Crippen LogP contribution in [0.4, 0.5) is 5.69 Å². The van der Waals surface area contributed by atoms with E-state index in [1.54, 1.807) is 41.8 Å². The van der Waals surface area contributed by atoms with Crippen LogP contribution in [0.25, 0.3) is 0 Å². The fraction of sp³-hybridized carbons (Fsp3) is 0.389. The number of rotatable bonds is 6. The predicted molar refractivity (Wildman–Crippen MR) is 104 cm³/mol. The predicted octanol–water partition coefficient (Wildman–Crippen LogP) is 2.72. The Bertz CT molecular complexity index is 825. The number of amides is 1. The Balaban J connectivity index is 1.62. The van der Waals surface area contributed by atoms with Gasteiger partial charge in [-0.25, -0.2) is 8.42 Å². The van der Waals surface area contributed by atoms with Gasteiger partial charge in [-0.3, -0.25) is 14.4 Å². The van der Waals surface area contributed by atoms with E-state index in [2.05, 4.69) is 16.5 Å². The molecule has 2 aromatic rings. The number of anilines is 1. The summed E-state index contributed by atoms with van der Waals surface area (Å²) in [5, 5.41) is 1.72. The molecule has 1 aromatic carbocycles. The molecule has 0 radical (unpaired) electrons. The van der Waals surface area contributed by atoms with E-state index in [-0.39, 0.29) is 10.1 Å². The maximum atomic E-state index is 12.6. The number of benzene rings is 1. The molecule has 26 heavy (non-hydrogen) atoms. The van der Waals surface area contributed by atoms with E-state index in [1.165, 1.54) is 0 Å². The fourth-order valence-corrected chi connectivity index (χ4v) is 5.03. The third kappa shape index (κ3) is 4.44. The zero-order valence-corrected chi connectivity index (χ0v) is 16.4. The second kappa shape index (κ2) is 8.20. The van der Waals surface area contributed by atoms with Gasteiger partial charge in [0.2, 0.25) is 0 Å². The Labute approximate surface area is 158 Å². The Morgan fingerprint density at radius 3 is 2.38 bits per heavy atom. The number of carbonyl (C=O) groups excluding carboxylic acids is 1. The van der Waals surface area contributed by atoms with E-state index in [0.717, 1.165) is 50.5 Å². The molecule has 1 saturated heterocycles. The van der Waals surface area contributed by atoms with Gasteiger partial charge in [0.05, 0.1) is 0 Å². The van der Waals surface area contributed by atoms with Gasteiger partial charge in [0.1, 0.15) is 4.21 Å². The first kappa shape index (κ1) is 18.9. The van der Waals surface area contributed by atoms with Crippen molar-refractivity contribution in [3.05, 3.63) is 47.3 Å². The van der Waals surface area contributed by atoms with Crippen molar-refractivity contribution in [2.45, 2.75) is 17.6 Å². The van der Waals surface area contributed by atoms with Crippen LogP contribution in [0.3, 0.4) is 0 Å². The molecule has 0 atom stereocenters. The van der Waals surface area contributed by atoms with E-state index in [0.29, 0.717) is 11.3 Å². The van der Waals surface area contributed by atoms with Crippen LogP contribution in [-0.2, 0) is 10.0 Å². The van der Waals surface area contributed by atoms with Crippen molar-refractivity contribution in [1.29, 1.82) is 0 Å². The van der Waals surface area contributed by atoms with Crippen LogP contribution in [0.2, 0.25) is 0 Å². The van der Waals surface area contributed by atoms with Gasteiger partial charge in [0.25, 0.3) is 15.9 Å². The summed E-state index contributed by atoms with van der Waals surface area (Å²) in [4.78, 5) is 16.8. The normalized spacial score (nSPS) is 15.8. The summed E-state index contributed by atoms with van der Waals surface area (Å²) in [5.41, 5.74) is 1.02. The topological polar surface area (TPSA) is 69.7 Å². The Morgan fingerprint density at radius 2 is 1.81 bits per heavy atom. The minimum atomic E-state index is -3.57. The maximum Gasteiger partial charge on any atom is 0.271 e. The van der Waals surface area contributed by atoms with Crippen molar-refractivity contribution < 1.29 is 13.2 Å². The molecular weight excluding hydrogens is 370 g/mol. The number of piperazine rings is 1. The molecule has 3 rings (SSSR count). The first-order valence-electron chi connectivity index (χ1n) is 8.67. The smallest absolute Gasteiger partial charge is 0.271 e. The van der Waals surface area contributed by atoms with Crippen LogP contribution in [0.15, 0.2) is 46.0 Å². The second-order valence-corrected chi connectivity index (χ2v) is 9.11. The molecular formula is C18H23N3O3S2. The minimum Gasteiger partial charge on any atom is -0.336 e. The second-order valence-electron chi connectivity index (χ2n) is 6.25. The van der Waals surface area contributed by atoms with Crippen LogP contribution in [0, 0.1) is 0 Å². The number of hydrogen-bond donors (Lipinski definition) is 1. The molecule has 2 heterocycles. The summed E-state index contributed by atoms with van der Waals surface area (Å²) < 4.78 is 27.3. The third-order valence-electron chi connectivity index (χ3n) is 4.34. The highest BCUT2D eigenvalue weighted by Crippen LogP contribution is 2.21. The lowest BCUT2D eigenvalue weighted by molar-refractivity contribution is 0.0637. The lowest BCUT2D eigenvalue weighted by atomic mass is 10.1. The Morgan fingerprint density at radius 1 is 1.12 bits per heavy atom. The van der Waals surface area contributed by atoms with E-state index >= 15 is 0 Å². The molecule has 0 bridgehead atoms. The van der Waals surface area contributed by atoms with Gasteiger partial charge in [-0.2, -0.15) is 0 Å². The van der Waals surface area contributed by atoms with Gasteiger partial charge in [0.15, 0.2) is 0 Å². The number of sulfonamides is 1. The Kier molecular flexibility index (Phi) is 5.95. The molecule has 0 aliphatic carbocycles. The zero-order valence-electron chi connectivity index (χ0n) is 14.7. The average Bonchev–Trinajstić information content (AvgIpc) is 3.18. The van der Waals surface area contributed by atoms with E-state index in [4.69, 9.17) is 0 Å². The van der Waals surface area contributed by atoms with Crippen LogP contribution < -0.4 is 4.72 Å². The fourth-order valence-electron chi connectivity index (χ4n) is 2.98. The van der Waals surface area contributed by atoms with Gasteiger partial charge >= 0.3 is 0 Å². The molecule has 140 valence electrons. The molecule has 1 amide bonds. The summed E-state index contributed by atoms with van der Waals surface area (Å²) in [5.74, 6) is -0.00573. The molecule has 0 saturated carbocycles. The van der Waals surface area contributed by atoms with E-state index in [1.807, 2.05) is 4.90 Å². The van der Waals surface area contributed by atoms with Crippen molar-refractivity contribution in [3.63, 3.8) is 0 Å². The zero-order chi connectivity index (χ0) is 18.6. The van der Waals surface area contributed by atoms with Crippen LogP contribution in [0.5, 0.6) is 0 Å². The average molecular weight is 394 g/mol. The minimum absolute atomic E-state index is 0.00573. The summed E-state index contributed by atoms with van der Waals surface area (Å²) in [6.45, 7) is 6.49. The summed E-state index contributed by atoms with van der Waals surface area (Å²) in [6.07, 6.45) is 1.12. The van der Waals surface area contributed by atoms with Crippen LogP contribution in [0.1, 0.15) is 23.7 Å². The van der Waals surface area contributed by atoms with Crippen molar-refractivity contribution in [1.82, 2.24) is 9.80 Å². The highest BCUT2D eigenvalue weighted by Gasteiger charge is 2.22. The monoisotopic (exact) mass is 393 g/mol. The molecule has 1 aliphatic rings. The number of thiophene rings is 1. The van der Waals surface area contributed by atoms with Gasteiger partial charge in [0, 0.05) is 37.4 Å². The molecule has 8 heteroatoms. The van der Waals surface area contributed by atoms with E-state index in [9.17, 15) is 13.2 Å². The highest BCUT2D eigenvalue weighted by atomic mass is 32.2. The van der Waals surface area contributed by atoms with Crippen molar-refractivity contribution in [3.8, 4) is 0 Å². The standard InChI is InChI=1S/C18H23N3O3S2/c1-2-9-20-10-12-21(13-11-20)18(22)15-5-7-16(8-6-15)19-26(23,24)17-4-3-14-25-17/h3-8,14,19H,2,9-13H2,1H3. The Hall–Kier alpha value is -1.90. The van der Waals surface area contributed by atoms with Crippen molar-refractivity contribution in [2.75, 3.05) is 37.4 Å². The number of carbonyl (C=O) groups is 1. The molecule has 0 unspecified atom stereocenters. The van der Waals surface area contributed by atoms with Gasteiger partial charge < -0.3 is 4.90 Å². The molecule has 0 spiro atoms. The molecule has 1 aliphatic heterocycles. The summed E-state index contributed by atoms with van der Waals surface area (Å²) >= 11 is 1.16. The lowest BCUT2D eigenvalue weighted by Gasteiger charge is -2.34. The van der Waals surface area contributed by atoms with Crippen LogP contribution >= 0.6 is 11.3 Å². The maximum absolute atomic E-state index is 12.6. The van der Waals surface area contributed by atoms with Gasteiger partial charge in [-0.15, -0.1) is 11.3 Å². The molecule has 1 N–H and O–H groups in total. The first-order valence-corrected chi connectivity index (χ1v) is 11.0. The van der Waals surface area contributed by atoms with Crippen LogP contribution in [-0.4, -0.2) is 56.8 Å². The van der Waals surface area contributed by atoms with Gasteiger partial charge in [-0.1, -0.05) is 13.0 Å². The molecule has 1 fully saturated rings. The first-order chi connectivity index (χ1) is 12.5. The summed E-state index contributed by atoms with van der Waals surface area (Å²) in [6, 6.07) is 9.86. The van der Waals surface area contributed by atoms with E-state index < -0.39 is 10.0 Å². The number of nitrogens with one attached hydrogen (secondary N) is 1. The van der Waals surface area contributed by atoms with Gasteiger partial charge in [-0.05, 0) is 48.7 Å². The van der Waals surface area contributed by atoms with Crippen molar-refractivity contribution in [2.24, 2.45) is 0 Å². The number of hydrogen-bond acceptors (Lipinski definition) is 5. The molecule has 1 aromatic heterocycles. The highest BCUT2D eigenvalue weighted by molar-refractivity contribution is 7.94. The van der Waals surface area contributed by atoms with Crippen molar-refractivity contribution >= 4 is 33.0 Å². The summed E-state index contributed by atoms with van der Waals surface area (Å²) in [7, 11) is -3.57. The largest absolute Gasteiger partial charge is 0.336 e. The third-order valence-corrected chi connectivity index (χ3v) is 7.12. The molecule has 6 nitrogen and oxygen atoms in total. The lowest BCUT2D eigenvalue weighted by Crippen LogP contribution is -2.48. The SMILES string of the molecule is CCCN1CCN(C(=O)c2ccc(NS(=O)(=O)c3cccs3)cc2)CC1. The quantitative estimate of drug-likeness (QED) is 0.819.